The summed E-state index contributed by atoms with van der Waals surface area (Å²) in [6.07, 6.45) is -0.775. The fraction of sp³-hybridized carbons (Fsp3) is 0.115. The Morgan fingerprint density at radius 1 is 0.667 bits per heavy atom. The van der Waals surface area contributed by atoms with Gasteiger partial charge < -0.3 is 18.9 Å². The highest BCUT2D eigenvalue weighted by Gasteiger charge is 2.39. The van der Waals surface area contributed by atoms with E-state index in [0.29, 0.717) is 16.7 Å². The first-order valence-electron chi connectivity index (χ1n) is 10.2. The summed E-state index contributed by atoms with van der Waals surface area (Å²) in [6, 6.07) is 25.2. The van der Waals surface area contributed by atoms with Gasteiger partial charge in [0.2, 0.25) is 6.10 Å². The molecule has 7 nitrogen and oxygen atoms in total. The molecule has 33 heavy (non-hydrogen) atoms. The van der Waals surface area contributed by atoms with Gasteiger partial charge in [0.05, 0.1) is 16.7 Å². The molecule has 0 unspecified atom stereocenters. The van der Waals surface area contributed by atoms with Gasteiger partial charge in [0.1, 0.15) is 12.9 Å². The number of hydrogen-bond acceptors (Lipinski definition) is 7. The van der Waals surface area contributed by atoms with Crippen LogP contribution in [-0.2, 0) is 18.9 Å². The van der Waals surface area contributed by atoms with Crippen LogP contribution in [0.1, 0.15) is 31.1 Å². The Bertz CT molecular complexity index is 1140. The molecule has 3 aromatic carbocycles. The van der Waals surface area contributed by atoms with Crippen molar-refractivity contribution in [3.8, 4) is 0 Å². The van der Waals surface area contributed by atoms with E-state index in [1.165, 1.54) is 6.26 Å². The first-order valence-corrected chi connectivity index (χ1v) is 10.2. The van der Waals surface area contributed by atoms with E-state index in [1.807, 2.05) is 0 Å². The minimum atomic E-state index is -1.09. The maximum absolute atomic E-state index is 12.7. The molecule has 0 saturated heterocycles. The molecule has 0 N–H and O–H groups in total. The van der Waals surface area contributed by atoms with Crippen LogP contribution >= 0.6 is 0 Å². The van der Waals surface area contributed by atoms with Gasteiger partial charge >= 0.3 is 17.9 Å². The zero-order valence-corrected chi connectivity index (χ0v) is 17.5. The molecule has 4 rings (SSSR count). The van der Waals surface area contributed by atoms with Gasteiger partial charge in [-0.15, -0.1) is 0 Å². The summed E-state index contributed by atoms with van der Waals surface area (Å²) in [6.45, 7) is -0.219. The molecule has 1 heterocycles. The molecule has 0 bridgehead atoms. The van der Waals surface area contributed by atoms with Crippen LogP contribution < -0.4 is 0 Å². The topological polar surface area (TPSA) is 88.1 Å². The first kappa shape index (κ1) is 21.8. The summed E-state index contributed by atoms with van der Waals surface area (Å²) >= 11 is 0. The average molecular weight is 444 g/mol. The number of rotatable bonds is 7. The standard InChI is InChI=1S/C26H20O7/c27-24(18-10-4-1-5-11-18)31-16-21-23(33-26(29)20-14-8-3-9-15-20)22(17-30-21)32-25(28)19-12-6-2-7-13-19/h1-15,17,21,23H,16H2/t21-,23+/m0/s1. The lowest BCUT2D eigenvalue weighted by Crippen LogP contribution is -2.35. The molecule has 0 radical (unpaired) electrons. The van der Waals surface area contributed by atoms with E-state index in [9.17, 15) is 14.4 Å². The summed E-state index contributed by atoms with van der Waals surface area (Å²) in [5, 5.41) is 0. The highest BCUT2D eigenvalue weighted by molar-refractivity contribution is 5.91. The van der Waals surface area contributed by atoms with Crippen LogP contribution in [0.2, 0.25) is 0 Å². The number of carbonyl (C=O) groups is 3. The van der Waals surface area contributed by atoms with Gasteiger partial charge in [0, 0.05) is 0 Å². The minimum absolute atomic E-state index is 0.00824. The molecule has 0 saturated carbocycles. The Morgan fingerprint density at radius 2 is 1.15 bits per heavy atom. The van der Waals surface area contributed by atoms with Crippen LogP contribution in [0.25, 0.3) is 0 Å². The molecule has 0 aliphatic carbocycles. The second kappa shape index (κ2) is 10.3. The highest BCUT2D eigenvalue weighted by atomic mass is 16.6. The number of esters is 3. The lowest BCUT2D eigenvalue weighted by Gasteiger charge is -2.21. The first-order chi connectivity index (χ1) is 16.1. The van der Waals surface area contributed by atoms with Gasteiger partial charge in [-0.25, -0.2) is 14.4 Å². The quantitative estimate of drug-likeness (QED) is 0.399. The zero-order chi connectivity index (χ0) is 23.0. The van der Waals surface area contributed by atoms with Crippen LogP contribution in [0.5, 0.6) is 0 Å². The molecular formula is C26H20O7. The lowest BCUT2D eigenvalue weighted by atomic mass is 10.2. The fourth-order valence-electron chi connectivity index (χ4n) is 3.13. The third-order valence-electron chi connectivity index (χ3n) is 4.83. The third kappa shape index (κ3) is 5.46. The van der Waals surface area contributed by atoms with Crippen molar-refractivity contribution in [1.82, 2.24) is 0 Å². The maximum atomic E-state index is 12.7. The number of ether oxygens (including phenoxy) is 4. The molecule has 166 valence electrons. The monoisotopic (exact) mass is 444 g/mol. The van der Waals surface area contributed by atoms with Crippen molar-refractivity contribution >= 4 is 17.9 Å². The molecular weight excluding hydrogens is 424 g/mol. The molecule has 0 fully saturated rings. The largest absolute Gasteiger partial charge is 0.486 e. The van der Waals surface area contributed by atoms with Gasteiger partial charge in [-0.3, -0.25) is 0 Å². The summed E-state index contributed by atoms with van der Waals surface area (Å²) < 4.78 is 21.9. The van der Waals surface area contributed by atoms with Gasteiger partial charge in [0.25, 0.3) is 0 Å². The number of carbonyl (C=O) groups excluding carboxylic acids is 3. The highest BCUT2D eigenvalue weighted by Crippen LogP contribution is 2.26. The van der Waals surface area contributed by atoms with Crippen LogP contribution in [-0.4, -0.2) is 36.7 Å². The van der Waals surface area contributed by atoms with E-state index >= 15 is 0 Å². The second-order valence-electron chi connectivity index (χ2n) is 7.11. The average Bonchev–Trinajstić information content (AvgIpc) is 3.24. The molecule has 1 aliphatic heterocycles. The van der Waals surface area contributed by atoms with Crippen molar-refractivity contribution < 1.29 is 33.3 Å². The van der Waals surface area contributed by atoms with E-state index in [-0.39, 0.29) is 12.4 Å². The van der Waals surface area contributed by atoms with Crippen molar-refractivity contribution in [1.29, 1.82) is 0 Å². The van der Waals surface area contributed by atoms with E-state index in [2.05, 4.69) is 0 Å². The molecule has 0 amide bonds. The van der Waals surface area contributed by atoms with E-state index in [0.717, 1.165) is 0 Å². The summed E-state index contributed by atoms with van der Waals surface area (Å²) in [4.78, 5) is 37.5. The maximum Gasteiger partial charge on any atom is 0.343 e. The Balaban J connectivity index is 1.47. The van der Waals surface area contributed by atoms with E-state index < -0.39 is 30.1 Å². The van der Waals surface area contributed by atoms with Gasteiger partial charge in [-0.1, -0.05) is 54.6 Å². The Morgan fingerprint density at radius 3 is 1.70 bits per heavy atom. The second-order valence-corrected chi connectivity index (χ2v) is 7.11. The minimum Gasteiger partial charge on any atom is -0.486 e. The normalized spacial score (nSPS) is 16.8. The van der Waals surface area contributed by atoms with Crippen molar-refractivity contribution in [3.63, 3.8) is 0 Å². The van der Waals surface area contributed by atoms with Crippen LogP contribution in [0.3, 0.4) is 0 Å². The Hall–Kier alpha value is -4.39. The van der Waals surface area contributed by atoms with E-state index in [1.54, 1.807) is 91.0 Å². The zero-order valence-electron chi connectivity index (χ0n) is 17.5. The van der Waals surface area contributed by atoms with E-state index in [4.69, 9.17) is 18.9 Å². The molecule has 3 aromatic rings. The molecule has 0 spiro atoms. The van der Waals surface area contributed by atoms with Gasteiger partial charge in [-0.2, -0.15) is 0 Å². The molecule has 1 aliphatic rings. The molecule has 0 aromatic heterocycles. The number of hydrogen-bond donors (Lipinski definition) is 0. The van der Waals surface area contributed by atoms with Crippen LogP contribution in [0.15, 0.2) is 103 Å². The lowest BCUT2D eigenvalue weighted by molar-refractivity contribution is -0.0286. The summed E-state index contributed by atoms with van der Waals surface area (Å²) in [5.41, 5.74) is 1.01. The van der Waals surface area contributed by atoms with Crippen molar-refractivity contribution in [2.75, 3.05) is 6.61 Å². The summed E-state index contributed by atoms with van der Waals surface area (Å²) in [7, 11) is 0. The molecule has 7 heteroatoms. The van der Waals surface area contributed by atoms with Gasteiger partial charge in [-0.05, 0) is 36.4 Å². The smallest absolute Gasteiger partial charge is 0.343 e. The third-order valence-corrected chi connectivity index (χ3v) is 4.83. The predicted octanol–water partition coefficient (Wildman–Crippen LogP) is 4.17. The fourth-order valence-corrected chi connectivity index (χ4v) is 3.13. The predicted molar refractivity (Wildman–Crippen MR) is 117 cm³/mol. The van der Waals surface area contributed by atoms with Gasteiger partial charge in [0.15, 0.2) is 11.9 Å². The SMILES string of the molecule is O=C(OC[C@@H]1OC=C(OC(=O)c2ccccc2)[C@@H]1OC(=O)c1ccccc1)c1ccccc1. The van der Waals surface area contributed by atoms with Crippen molar-refractivity contribution in [2.45, 2.75) is 12.2 Å². The van der Waals surface area contributed by atoms with Crippen LogP contribution in [0.4, 0.5) is 0 Å². The van der Waals surface area contributed by atoms with Crippen molar-refractivity contribution in [3.05, 3.63) is 120 Å². The number of benzene rings is 3. The Kier molecular flexibility index (Phi) is 6.80. The van der Waals surface area contributed by atoms with Crippen molar-refractivity contribution in [2.24, 2.45) is 0 Å². The summed E-state index contributed by atoms with van der Waals surface area (Å²) in [5.74, 6) is -1.81. The Labute approximate surface area is 190 Å². The molecule has 2 atom stereocenters. The van der Waals surface area contributed by atoms with Crippen LogP contribution in [0, 0.1) is 0 Å².